The minimum atomic E-state index is -0.603. The van der Waals surface area contributed by atoms with E-state index in [4.69, 9.17) is 0 Å². The number of para-hydroxylation sites is 3. The first-order valence-electron chi connectivity index (χ1n) is 9.02. The highest BCUT2D eigenvalue weighted by Gasteiger charge is 2.21. The van der Waals surface area contributed by atoms with Crippen LogP contribution in [0.25, 0.3) is 16.6 Å². The van der Waals surface area contributed by atoms with Gasteiger partial charge in [-0.15, -0.1) is 0 Å². The predicted molar refractivity (Wildman–Crippen MR) is 107 cm³/mol. The molecule has 0 atom stereocenters. The van der Waals surface area contributed by atoms with E-state index in [0.717, 1.165) is 4.57 Å². The van der Waals surface area contributed by atoms with Crippen molar-refractivity contribution in [3.63, 3.8) is 0 Å². The molecule has 29 heavy (non-hydrogen) atoms. The van der Waals surface area contributed by atoms with Crippen molar-refractivity contribution >= 4 is 16.6 Å². The van der Waals surface area contributed by atoms with Crippen molar-refractivity contribution in [1.82, 2.24) is 18.7 Å². The lowest BCUT2D eigenvalue weighted by atomic mass is 10.2. The standard InChI is InChI=1S/C20H17N5O4/c26-19-15-6-1-2-7-16(15)23(12-5-11-22-13-10-21-14-22)20(27)24(19)17-8-3-4-9-18(17)25(28)29/h1-4,6-10,13-14H,5,11-12H2. The second-order valence-corrected chi connectivity index (χ2v) is 6.49. The zero-order chi connectivity index (χ0) is 20.4. The molecule has 0 bridgehead atoms. The molecule has 0 radical (unpaired) electrons. The van der Waals surface area contributed by atoms with Crippen LogP contribution in [0.3, 0.4) is 0 Å². The molecule has 4 rings (SSSR count). The number of benzene rings is 2. The van der Waals surface area contributed by atoms with Crippen molar-refractivity contribution in [1.29, 1.82) is 0 Å². The summed E-state index contributed by atoms with van der Waals surface area (Å²) in [5.74, 6) is 0. The van der Waals surface area contributed by atoms with Crippen molar-refractivity contribution in [2.24, 2.45) is 0 Å². The minimum absolute atomic E-state index is 0.0402. The van der Waals surface area contributed by atoms with E-state index < -0.39 is 16.2 Å². The van der Waals surface area contributed by atoms with E-state index in [1.165, 1.54) is 22.8 Å². The van der Waals surface area contributed by atoms with Gasteiger partial charge in [-0.3, -0.25) is 19.5 Å². The van der Waals surface area contributed by atoms with Gasteiger partial charge in [0, 0.05) is 31.5 Å². The first-order valence-corrected chi connectivity index (χ1v) is 9.02. The van der Waals surface area contributed by atoms with E-state index in [0.29, 0.717) is 30.4 Å². The molecule has 9 nitrogen and oxygen atoms in total. The van der Waals surface area contributed by atoms with Gasteiger partial charge < -0.3 is 4.57 Å². The molecule has 2 aromatic heterocycles. The number of nitro groups is 1. The van der Waals surface area contributed by atoms with Crippen molar-refractivity contribution in [3.05, 3.63) is 98.2 Å². The lowest BCUT2D eigenvalue weighted by Gasteiger charge is -2.14. The number of fused-ring (bicyclic) bond motifs is 1. The van der Waals surface area contributed by atoms with Crippen LogP contribution in [0.4, 0.5) is 5.69 Å². The molecule has 0 fully saturated rings. The summed E-state index contributed by atoms with van der Waals surface area (Å²) in [7, 11) is 0. The van der Waals surface area contributed by atoms with Crippen LogP contribution in [0, 0.1) is 10.1 Å². The molecule has 2 heterocycles. The molecule has 0 saturated carbocycles. The Kier molecular flexibility index (Phi) is 4.78. The normalized spacial score (nSPS) is 11.0. The lowest BCUT2D eigenvalue weighted by Crippen LogP contribution is -2.39. The first-order chi connectivity index (χ1) is 14.1. The number of nitrogens with zero attached hydrogens (tertiary/aromatic N) is 5. The van der Waals surface area contributed by atoms with Crippen molar-refractivity contribution in [3.8, 4) is 5.69 Å². The number of aryl methyl sites for hydroxylation is 2. The second-order valence-electron chi connectivity index (χ2n) is 6.49. The maximum absolute atomic E-state index is 13.3. The van der Waals surface area contributed by atoms with E-state index in [1.54, 1.807) is 42.9 Å². The maximum Gasteiger partial charge on any atom is 0.336 e. The van der Waals surface area contributed by atoms with E-state index in [1.807, 2.05) is 10.8 Å². The zero-order valence-electron chi connectivity index (χ0n) is 15.3. The molecule has 0 amide bonds. The number of hydrogen-bond donors (Lipinski definition) is 0. The fraction of sp³-hybridized carbons (Fsp3) is 0.150. The molecule has 0 unspecified atom stereocenters. The Morgan fingerprint density at radius 1 is 1.00 bits per heavy atom. The highest BCUT2D eigenvalue weighted by atomic mass is 16.6. The molecule has 0 aliphatic carbocycles. The number of aromatic nitrogens is 4. The van der Waals surface area contributed by atoms with E-state index >= 15 is 0 Å². The van der Waals surface area contributed by atoms with Crippen LogP contribution in [-0.4, -0.2) is 23.6 Å². The smallest absolute Gasteiger partial charge is 0.336 e. The summed E-state index contributed by atoms with van der Waals surface area (Å²) in [5, 5.41) is 11.8. The van der Waals surface area contributed by atoms with Crippen molar-refractivity contribution in [2.45, 2.75) is 19.5 Å². The molecule has 0 N–H and O–H groups in total. The van der Waals surface area contributed by atoms with Gasteiger partial charge in [0.2, 0.25) is 0 Å². The van der Waals surface area contributed by atoms with E-state index in [2.05, 4.69) is 4.98 Å². The Labute approximate surface area is 164 Å². The van der Waals surface area contributed by atoms with Crippen LogP contribution in [0.5, 0.6) is 0 Å². The third-order valence-corrected chi connectivity index (χ3v) is 4.73. The van der Waals surface area contributed by atoms with Crippen LogP contribution in [0.2, 0.25) is 0 Å². The van der Waals surface area contributed by atoms with Crippen LogP contribution >= 0.6 is 0 Å². The van der Waals surface area contributed by atoms with Crippen molar-refractivity contribution < 1.29 is 4.92 Å². The topological polar surface area (TPSA) is 105 Å². The van der Waals surface area contributed by atoms with Gasteiger partial charge in [-0.25, -0.2) is 14.3 Å². The quantitative estimate of drug-likeness (QED) is 0.371. The molecular formula is C20H17N5O4. The molecule has 9 heteroatoms. The Morgan fingerprint density at radius 3 is 2.52 bits per heavy atom. The molecule has 4 aromatic rings. The SMILES string of the molecule is O=c1c2ccccc2n(CCCn2ccnc2)c(=O)n1-c1ccccc1[N+](=O)[O-]. The maximum atomic E-state index is 13.3. The minimum Gasteiger partial charge on any atom is -0.337 e. The van der Waals surface area contributed by atoms with Gasteiger partial charge >= 0.3 is 5.69 Å². The zero-order valence-corrected chi connectivity index (χ0v) is 15.3. The van der Waals surface area contributed by atoms with Crippen LogP contribution in [0.1, 0.15) is 6.42 Å². The van der Waals surface area contributed by atoms with Gasteiger partial charge in [0.05, 0.1) is 22.2 Å². The van der Waals surface area contributed by atoms with Gasteiger partial charge in [-0.2, -0.15) is 0 Å². The Balaban J connectivity index is 1.89. The first kappa shape index (κ1) is 18.4. The summed E-state index contributed by atoms with van der Waals surface area (Å²) in [5.41, 5.74) is -1.02. The molecule has 2 aromatic carbocycles. The average molecular weight is 391 g/mol. The lowest BCUT2D eigenvalue weighted by molar-refractivity contribution is -0.384. The molecule has 0 spiro atoms. The van der Waals surface area contributed by atoms with Crippen LogP contribution in [0.15, 0.2) is 76.8 Å². The largest absolute Gasteiger partial charge is 0.337 e. The van der Waals surface area contributed by atoms with Gasteiger partial charge in [0.25, 0.3) is 11.2 Å². The van der Waals surface area contributed by atoms with Gasteiger partial charge in [0.15, 0.2) is 0 Å². The Hall–Kier alpha value is -4.01. The number of imidazole rings is 1. The highest BCUT2D eigenvalue weighted by Crippen LogP contribution is 2.20. The Morgan fingerprint density at radius 2 is 1.76 bits per heavy atom. The van der Waals surface area contributed by atoms with E-state index in [9.17, 15) is 19.7 Å². The highest BCUT2D eigenvalue weighted by molar-refractivity contribution is 5.78. The van der Waals surface area contributed by atoms with Gasteiger partial charge in [-0.1, -0.05) is 24.3 Å². The van der Waals surface area contributed by atoms with Gasteiger partial charge in [-0.05, 0) is 24.6 Å². The number of rotatable bonds is 6. The summed E-state index contributed by atoms with van der Waals surface area (Å²) in [6.07, 6.45) is 5.82. The van der Waals surface area contributed by atoms with Crippen LogP contribution < -0.4 is 11.2 Å². The van der Waals surface area contributed by atoms with Crippen molar-refractivity contribution in [2.75, 3.05) is 0 Å². The third-order valence-electron chi connectivity index (χ3n) is 4.73. The fourth-order valence-electron chi connectivity index (χ4n) is 3.39. The Bertz CT molecular complexity index is 1300. The van der Waals surface area contributed by atoms with Gasteiger partial charge in [0.1, 0.15) is 5.69 Å². The second kappa shape index (κ2) is 7.55. The third kappa shape index (κ3) is 3.33. The molecule has 0 aliphatic rings. The van der Waals surface area contributed by atoms with E-state index in [-0.39, 0.29) is 11.4 Å². The number of hydrogen-bond acceptors (Lipinski definition) is 5. The summed E-state index contributed by atoms with van der Waals surface area (Å²) >= 11 is 0. The summed E-state index contributed by atoms with van der Waals surface area (Å²) in [6.45, 7) is 0.990. The monoisotopic (exact) mass is 391 g/mol. The number of nitro benzene ring substituents is 1. The molecule has 0 saturated heterocycles. The summed E-state index contributed by atoms with van der Waals surface area (Å²) in [4.78, 5) is 41.1. The summed E-state index contributed by atoms with van der Waals surface area (Å²) < 4.78 is 4.27. The molecule has 0 aliphatic heterocycles. The fourth-order valence-corrected chi connectivity index (χ4v) is 3.39. The summed E-state index contributed by atoms with van der Waals surface area (Å²) in [6, 6.07) is 12.5. The van der Waals surface area contributed by atoms with Crippen LogP contribution in [-0.2, 0) is 13.1 Å². The molecule has 146 valence electrons. The predicted octanol–water partition coefficient (Wildman–Crippen LogP) is 2.35. The average Bonchev–Trinajstić information content (AvgIpc) is 3.24. The molecular weight excluding hydrogens is 374 g/mol.